The van der Waals surface area contributed by atoms with Crippen LogP contribution < -0.4 is 4.91 Å². The van der Waals surface area contributed by atoms with Crippen molar-refractivity contribution < 1.29 is 19.1 Å². The molecule has 1 heterocycles. The van der Waals surface area contributed by atoms with Crippen molar-refractivity contribution in [1.29, 1.82) is 5.53 Å². The lowest BCUT2D eigenvalue weighted by molar-refractivity contribution is -0.145. The van der Waals surface area contributed by atoms with Crippen LogP contribution in [-0.2, 0) is 14.3 Å². The van der Waals surface area contributed by atoms with Gasteiger partial charge in [0.05, 0.1) is 13.7 Å². The maximum absolute atomic E-state index is 12.0. The Bertz CT molecular complexity index is 411. The zero-order valence-electron chi connectivity index (χ0n) is 11.5. The molecule has 1 amide bonds. The Kier molecular flexibility index (Phi) is 4.61. The highest BCUT2D eigenvalue weighted by atomic mass is 16.6. The summed E-state index contributed by atoms with van der Waals surface area (Å²) >= 11 is 0. The molecule has 1 aliphatic rings. The van der Waals surface area contributed by atoms with E-state index in [1.807, 2.05) is 0 Å². The Morgan fingerprint density at radius 1 is 1.42 bits per heavy atom. The molecule has 0 aromatic carbocycles. The molecule has 0 aliphatic carbocycles. The number of rotatable bonds is 2. The largest absolute Gasteiger partial charge is 0.467 e. The first-order valence-electron chi connectivity index (χ1n) is 5.92. The van der Waals surface area contributed by atoms with Crippen molar-refractivity contribution in [3.8, 4) is 0 Å². The molecule has 1 N–H and O–H groups in total. The summed E-state index contributed by atoms with van der Waals surface area (Å²) in [4.78, 5) is 27.9. The van der Waals surface area contributed by atoms with Gasteiger partial charge in [-0.05, 0) is 20.8 Å². The van der Waals surface area contributed by atoms with Crippen molar-refractivity contribution in [2.75, 3.05) is 13.7 Å². The van der Waals surface area contributed by atoms with E-state index in [4.69, 9.17) is 10.3 Å². The van der Waals surface area contributed by atoms with Gasteiger partial charge >= 0.3 is 12.1 Å². The highest BCUT2D eigenvalue weighted by molar-refractivity contribution is 5.82. The number of esters is 1. The van der Waals surface area contributed by atoms with E-state index in [-0.39, 0.29) is 19.0 Å². The Labute approximate surface area is 111 Å². The van der Waals surface area contributed by atoms with Gasteiger partial charge in [-0.25, -0.2) is 9.59 Å². The molecular formula is C11H19N4O4+. The molecule has 1 aliphatic heterocycles. The summed E-state index contributed by atoms with van der Waals surface area (Å²) in [5.41, 5.74) is 6.06. The van der Waals surface area contributed by atoms with Gasteiger partial charge in [-0.3, -0.25) is 4.90 Å². The Hall–Kier alpha value is -1.95. The summed E-state index contributed by atoms with van der Waals surface area (Å²) in [6.45, 7) is 5.43. The average molecular weight is 271 g/mol. The zero-order chi connectivity index (χ0) is 14.6. The summed E-state index contributed by atoms with van der Waals surface area (Å²) in [6, 6.07) is -1.12. The van der Waals surface area contributed by atoms with E-state index in [1.54, 1.807) is 20.8 Å². The monoisotopic (exact) mass is 271 g/mol. The van der Waals surface area contributed by atoms with Crippen LogP contribution in [0.4, 0.5) is 4.79 Å². The molecule has 106 valence electrons. The Morgan fingerprint density at radius 3 is 2.53 bits per heavy atom. The van der Waals surface area contributed by atoms with Crippen LogP contribution in [0.15, 0.2) is 5.11 Å². The highest BCUT2D eigenvalue weighted by Crippen LogP contribution is 2.23. The van der Waals surface area contributed by atoms with Gasteiger partial charge in [-0.2, -0.15) is 0 Å². The maximum atomic E-state index is 12.0. The number of amides is 1. The summed E-state index contributed by atoms with van der Waals surface area (Å²) in [6.07, 6.45) is -0.306. The van der Waals surface area contributed by atoms with Gasteiger partial charge in [0.2, 0.25) is 4.91 Å². The van der Waals surface area contributed by atoms with E-state index >= 15 is 0 Å². The predicted molar refractivity (Wildman–Crippen MR) is 64.4 cm³/mol. The molecule has 8 nitrogen and oxygen atoms in total. The number of likely N-dealkylation sites (tertiary alicyclic amines) is 1. The molecule has 2 unspecified atom stereocenters. The van der Waals surface area contributed by atoms with E-state index in [0.717, 1.165) is 0 Å². The molecule has 8 heteroatoms. The van der Waals surface area contributed by atoms with Crippen LogP contribution in [0.5, 0.6) is 0 Å². The molecule has 1 fully saturated rings. The molecule has 19 heavy (non-hydrogen) atoms. The second-order valence-corrected chi connectivity index (χ2v) is 5.28. The summed E-state index contributed by atoms with van der Waals surface area (Å²) in [5, 5.41) is 3.65. The number of carbonyl (C=O) groups excluding carboxylic acids is 2. The van der Waals surface area contributed by atoms with Crippen molar-refractivity contribution in [3.63, 3.8) is 0 Å². The van der Waals surface area contributed by atoms with Crippen LogP contribution in [0.2, 0.25) is 0 Å². The quantitative estimate of drug-likeness (QED) is 0.461. The minimum atomic E-state index is -0.740. The molecule has 0 aromatic rings. The fourth-order valence-electron chi connectivity index (χ4n) is 1.86. The van der Waals surface area contributed by atoms with Crippen molar-refractivity contribution in [3.05, 3.63) is 0 Å². The van der Waals surface area contributed by atoms with Crippen molar-refractivity contribution >= 4 is 12.1 Å². The van der Waals surface area contributed by atoms with Crippen LogP contribution in [0.1, 0.15) is 27.2 Å². The first-order chi connectivity index (χ1) is 8.78. The molecule has 2 atom stereocenters. The van der Waals surface area contributed by atoms with Gasteiger partial charge in [0.1, 0.15) is 22.3 Å². The third-order valence-corrected chi connectivity index (χ3v) is 2.60. The number of methoxy groups -OCH3 is 1. The lowest BCUT2D eigenvalue weighted by Crippen LogP contribution is -2.43. The molecule has 0 bridgehead atoms. The predicted octanol–water partition coefficient (Wildman–Crippen LogP) is 1.09. The van der Waals surface area contributed by atoms with Crippen molar-refractivity contribution in [2.45, 2.75) is 44.9 Å². The van der Waals surface area contributed by atoms with E-state index in [0.29, 0.717) is 0 Å². The molecule has 1 saturated heterocycles. The summed E-state index contributed by atoms with van der Waals surface area (Å²) < 4.78 is 9.90. The van der Waals surface area contributed by atoms with Crippen LogP contribution in [0.25, 0.3) is 0 Å². The molecule has 0 spiro atoms. The van der Waals surface area contributed by atoms with E-state index in [1.165, 1.54) is 12.0 Å². The lowest BCUT2D eigenvalue weighted by Gasteiger charge is -2.27. The maximum Gasteiger partial charge on any atom is 0.411 e. The Balaban J connectivity index is 2.85. The molecule has 0 radical (unpaired) electrons. The number of carbonyl (C=O) groups is 2. The van der Waals surface area contributed by atoms with Crippen LogP contribution in [0.3, 0.4) is 0 Å². The first kappa shape index (κ1) is 15.1. The fraction of sp³-hybridized carbons (Fsp3) is 0.818. The summed E-state index contributed by atoms with van der Waals surface area (Å²) in [7, 11) is 1.26. The summed E-state index contributed by atoms with van der Waals surface area (Å²) in [5.74, 6) is -0.520. The second-order valence-electron chi connectivity index (χ2n) is 5.28. The molecule has 0 aromatic heterocycles. The second kappa shape index (κ2) is 5.79. The SMILES string of the molecule is COC(=O)C1CC(N=[N+]=N)CN1C(=O)OC(C)(C)C. The number of nitrogens with zero attached hydrogens (tertiary/aromatic N) is 3. The fourth-order valence-corrected chi connectivity index (χ4v) is 1.86. The topological polar surface area (TPSA) is 106 Å². The number of hydrogen-bond donors (Lipinski definition) is 1. The smallest absolute Gasteiger partial charge is 0.411 e. The van der Waals surface area contributed by atoms with Gasteiger partial charge in [-0.15, -0.1) is 0 Å². The molecular weight excluding hydrogens is 252 g/mol. The van der Waals surface area contributed by atoms with E-state index in [9.17, 15) is 9.59 Å². The molecule has 0 saturated carbocycles. The zero-order valence-corrected chi connectivity index (χ0v) is 11.5. The highest BCUT2D eigenvalue weighted by Gasteiger charge is 2.44. The molecule has 1 rings (SSSR count). The van der Waals surface area contributed by atoms with Gasteiger partial charge < -0.3 is 9.47 Å². The number of nitrogens with one attached hydrogen (secondary N) is 1. The van der Waals surface area contributed by atoms with Crippen LogP contribution >= 0.6 is 0 Å². The number of ether oxygens (including phenoxy) is 2. The standard InChI is InChI=1S/C11H19N4O4/c1-11(2,3)19-10(17)15-6-7(13-14-12)5-8(15)9(16)18-4/h7-8,12H,5-6H2,1-4H3/q+1. The van der Waals surface area contributed by atoms with Gasteiger partial charge in [0, 0.05) is 6.42 Å². The number of hydrogen-bond acceptors (Lipinski definition) is 6. The normalized spacial score (nSPS) is 22.6. The van der Waals surface area contributed by atoms with Gasteiger partial charge in [-0.1, -0.05) is 0 Å². The Morgan fingerprint density at radius 2 is 2.05 bits per heavy atom. The van der Waals surface area contributed by atoms with Gasteiger partial charge in [0.25, 0.3) is 0 Å². The van der Waals surface area contributed by atoms with Crippen LogP contribution in [-0.4, -0.2) is 48.3 Å². The van der Waals surface area contributed by atoms with Crippen LogP contribution in [0, 0.1) is 5.53 Å². The minimum absolute atomic E-state index is 0.192. The van der Waals surface area contributed by atoms with E-state index in [2.05, 4.69) is 14.8 Å². The van der Waals surface area contributed by atoms with Gasteiger partial charge in [0.15, 0.2) is 6.04 Å². The first-order valence-corrected chi connectivity index (χ1v) is 5.92. The minimum Gasteiger partial charge on any atom is -0.467 e. The van der Waals surface area contributed by atoms with E-state index < -0.39 is 23.7 Å². The third kappa shape index (κ3) is 4.03. The van der Waals surface area contributed by atoms with Crippen molar-refractivity contribution in [1.82, 2.24) is 9.81 Å². The lowest BCUT2D eigenvalue weighted by atomic mass is 10.2. The average Bonchev–Trinajstić information content (AvgIpc) is 2.70. The third-order valence-electron chi connectivity index (χ3n) is 2.60. The van der Waals surface area contributed by atoms with Crippen molar-refractivity contribution in [2.24, 2.45) is 5.11 Å².